The van der Waals surface area contributed by atoms with E-state index in [1.165, 1.54) is 0 Å². The quantitative estimate of drug-likeness (QED) is 0.730. The lowest BCUT2D eigenvalue weighted by atomic mass is 10.0. The normalized spacial score (nSPS) is 17.9. The molecular formula is C18H18N2O2. The van der Waals surface area contributed by atoms with Crippen LogP contribution in [0.5, 0.6) is 0 Å². The highest BCUT2D eigenvalue weighted by molar-refractivity contribution is 5.70. The molecule has 0 aliphatic carbocycles. The van der Waals surface area contributed by atoms with Crippen molar-refractivity contribution in [1.29, 1.82) is 0 Å². The molecule has 112 valence electrons. The molecule has 22 heavy (non-hydrogen) atoms. The van der Waals surface area contributed by atoms with Gasteiger partial charge < -0.3 is 9.15 Å². The molecule has 0 bridgehead atoms. The van der Waals surface area contributed by atoms with Crippen molar-refractivity contribution < 1.29 is 9.15 Å². The molecule has 0 radical (unpaired) electrons. The van der Waals surface area contributed by atoms with Gasteiger partial charge in [-0.25, -0.2) is 0 Å². The number of furan rings is 1. The van der Waals surface area contributed by atoms with E-state index in [1.54, 1.807) is 12.5 Å². The topological polar surface area (TPSA) is 40.2 Å². The van der Waals surface area contributed by atoms with Crippen LogP contribution in [-0.2, 0) is 11.3 Å². The van der Waals surface area contributed by atoms with Crippen molar-refractivity contribution in [2.75, 3.05) is 6.61 Å². The lowest BCUT2D eigenvalue weighted by Crippen LogP contribution is -2.15. The Hall–Kier alpha value is -2.33. The van der Waals surface area contributed by atoms with Gasteiger partial charge >= 0.3 is 0 Å². The second-order valence-electron chi connectivity index (χ2n) is 5.65. The zero-order valence-corrected chi connectivity index (χ0v) is 12.3. The maximum absolute atomic E-state index is 5.67. The minimum absolute atomic E-state index is 0.310. The van der Waals surface area contributed by atoms with Crippen molar-refractivity contribution in [2.45, 2.75) is 25.5 Å². The molecule has 4 heteroatoms. The molecule has 1 saturated heterocycles. The number of nitrogens with zero attached hydrogens (tertiary/aromatic N) is 2. The van der Waals surface area contributed by atoms with Crippen molar-refractivity contribution in [2.24, 2.45) is 0 Å². The van der Waals surface area contributed by atoms with E-state index < -0.39 is 0 Å². The third-order valence-electron chi connectivity index (χ3n) is 4.07. The summed E-state index contributed by atoms with van der Waals surface area (Å²) in [6.07, 6.45) is 8.08. The van der Waals surface area contributed by atoms with Crippen LogP contribution in [-0.4, -0.2) is 22.5 Å². The van der Waals surface area contributed by atoms with E-state index >= 15 is 0 Å². The van der Waals surface area contributed by atoms with E-state index in [2.05, 4.69) is 35.4 Å². The van der Waals surface area contributed by atoms with Gasteiger partial charge in [-0.1, -0.05) is 18.2 Å². The Bertz CT molecular complexity index is 740. The van der Waals surface area contributed by atoms with E-state index in [0.29, 0.717) is 6.10 Å². The van der Waals surface area contributed by atoms with Gasteiger partial charge in [0, 0.05) is 23.9 Å². The Morgan fingerprint density at radius 1 is 1.14 bits per heavy atom. The Morgan fingerprint density at radius 2 is 2.09 bits per heavy atom. The van der Waals surface area contributed by atoms with Crippen molar-refractivity contribution in [3.05, 3.63) is 55.1 Å². The molecule has 3 aromatic rings. The Labute approximate surface area is 129 Å². The Morgan fingerprint density at radius 3 is 2.91 bits per heavy atom. The summed E-state index contributed by atoms with van der Waals surface area (Å²) in [4.78, 5) is 0. The van der Waals surface area contributed by atoms with Gasteiger partial charge in [0.25, 0.3) is 0 Å². The first kappa shape index (κ1) is 13.3. The van der Waals surface area contributed by atoms with Crippen LogP contribution in [0.2, 0.25) is 0 Å². The van der Waals surface area contributed by atoms with E-state index in [4.69, 9.17) is 9.15 Å². The van der Waals surface area contributed by atoms with Crippen LogP contribution >= 0.6 is 0 Å². The summed E-state index contributed by atoms with van der Waals surface area (Å²) in [7, 11) is 0. The molecule has 0 spiro atoms. The summed E-state index contributed by atoms with van der Waals surface area (Å²) in [6, 6.07) is 12.4. The van der Waals surface area contributed by atoms with E-state index in [0.717, 1.165) is 48.4 Å². The van der Waals surface area contributed by atoms with Gasteiger partial charge in [0.05, 0.1) is 30.9 Å². The zero-order chi connectivity index (χ0) is 14.8. The zero-order valence-electron chi connectivity index (χ0n) is 12.3. The molecule has 1 atom stereocenters. The molecule has 3 heterocycles. The number of hydrogen-bond acceptors (Lipinski definition) is 3. The second kappa shape index (κ2) is 5.81. The Kier molecular flexibility index (Phi) is 3.52. The van der Waals surface area contributed by atoms with Crippen LogP contribution < -0.4 is 0 Å². The molecule has 0 N–H and O–H groups in total. The van der Waals surface area contributed by atoms with Gasteiger partial charge in [0.2, 0.25) is 0 Å². The van der Waals surface area contributed by atoms with Gasteiger partial charge in [-0.15, -0.1) is 0 Å². The van der Waals surface area contributed by atoms with Gasteiger partial charge in [-0.05, 0) is 36.6 Å². The molecule has 4 nitrogen and oxygen atoms in total. The standard InChI is InChI=1S/C18H18N2O2/c1-3-14(16-7-10-21-13-16)11-15(4-1)18-6-8-20(19-18)12-17-5-2-9-22-17/h1,3-4,6-8,10-11,13,17H,2,5,9,12H2/t17-/m1/s1. The maximum Gasteiger partial charge on any atom is 0.0980 e. The lowest BCUT2D eigenvalue weighted by molar-refractivity contribution is 0.0940. The fourth-order valence-corrected chi connectivity index (χ4v) is 2.90. The van der Waals surface area contributed by atoms with Crippen LogP contribution in [0.3, 0.4) is 0 Å². The molecular weight excluding hydrogens is 276 g/mol. The fraction of sp³-hybridized carbons (Fsp3) is 0.278. The highest BCUT2D eigenvalue weighted by atomic mass is 16.5. The monoisotopic (exact) mass is 294 g/mol. The van der Waals surface area contributed by atoms with Crippen LogP contribution in [0.25, 0.3) is 22.4 Å². The minimum Gasteiger partial charge on any atom is -0.472 e. The predicted molar refractivity (Wildman–Crippen MR) is 84.3 cm³/mol. The molecule has 4 rings (SSSR count). The van der Waals surface area contributed by atoms with Crippen molar-refractivity contribution in [3.63, 3.8) is 0 Å². The number of rotatable bonds is 4. The largest absolute Gasteiger partial charge is 0.472 e. The first-order chi connectivity index (χ1) is 10.9. The third-order valence-corrected chi connectivity index (χ3v) is 4.07. The van der Waals surface area contributed by atoms with Crippen molar-refractivity contribution >= 4 is 0 Å². The van der Waals surface area contributed by atoms with Crippen LogP contribution in [0.15, 0.2) is 59.5 Å². The van der Waals surface area contributed by atoms with E-state index in [1.807, 2.05) is 16.9 Å². The maximum atomic E-state index is 5.67. The van der Waals surface area contributed by atoms with Gasteiger partial charge in [-0.2, -0.15) is 5.10 Å². The summed E-state index contributed by atoms with van der Waals surface area (Å²) < 4.78 is 12.8. The summed E-state index contributed by atoms with van der Waals surface area (Å²) in [5.41, 5.74) is 4.33. The molecule has 0 amide bonds. The van der Waals surface area contributed by atoms with Crippen LogP contribution in [0.1, 0.15) is 12.8 Å². The number of aromatic nitrogens is 2. The average molecular weight is 294 g/mol. The highest BCUT2D eigenvalue weighted by Crippen LogP contribution is 2.26. The summed E-state index contributed by atoms with van der Waals surface area (Å²) >= 11 is 0. The molecule has 2 aromatic heterocycles. The first-order valence-corrected chi connectivity index (χ1v) is 7.66. The lowest BCUT2D eigenvalue weighted by Gasteiger charge is -2.08. The first-order valence-electron chi connectivity index (χ1n) is 7.66. The minimum atomic E-state index is 0.310. The van der Waals surface area contributed by atoms with Crippen LogP contribution in [0.4, 0.5) is 0 Å². The third kappa shape index (κ3) is 2.70. The SMILES string of the molecule is c1cc(-c2ccoc2)cc(-c2ccn(C[C@H]3CCCO3)n2)c1. The van der Waals surface area contributed by atoms with Gasteiger partial charge in [0.1, 0.15) is 0 Å². The number of ether oxygens (including phenoxy) is 1. The smallest absolute Gasteiger partial charge is 0.0980 e. The summed E-state index contributed by atoms with van der Waals surface area (Å²) in [6.45, 7) is 1.72. The highest BCUT2D eigenvalue weighted by Gasteiger charge is 2.16. The molecule has 0 saturated carbocycles. The average Bonchev–Trinajstić information content (AvgIpc) is 3.31. The molecule has 1 aliphatic heterocycles. The molecule has 1 fully saturated rings. The van der Waals surface area contributed by atoms with E-state index in [9.17, 15) is 0 Å². The van der Waals surface area contributed by atoms with Gasteiger partial charge in [0.15, 0.2) is 0 Å². The molecule has 1 aliphatic rings. The van der Waals surface area contributed by atoms with Crippen molar-refractivity contribution in [1.82, 2.24) is 9.78 Å². The number of benzene rings is 1. The van der Waals surface area contributed by atoms with E-state index in [-0.39, 0.29) is 0 Å². The van der Waals surface area contributed by atoms with Gasteiger partial charge in [-0.3, -0.25) is 4.68 Å². The number of hydrogen-bond donors (Lipinski definition) is 0. The fourth-order valence-electron chi connectivity index (χ4n) is 2.90. The predicted octanol–water partition coefficient (Wildman–Crippen LogP) is 3.99. The molecule has 0 unspecified atom stereocenters. The summed E-state index contributed by atoms with van der Waals surface area (Å²) in [5, 5.41) is 4.68. The second-order valence-corrected chi connectivity index (χ2v) is 5.65. The van der Waals surface area contributed by atoms with Crippen LogP contribution in [0, 0.1) is 0 Å². The Balaban J connectivity index is 1.57. The summed E-state index contributed by atoms with van der Waals surface area (Å²) in [5.74, 6) is 0. The van der Waals surface area contributed by atoms with Crippen molar-refractivity contribution in [3.8, 4) is 22.4 Å². The molecule has 1 aromatic carbocycles.